The largest absolute Gasteiger partial charge is 0.468 e. The van der Waals surface area contributed by atoms with Crippen molar-refractivity contribution in [1.82, 2.24) is 10.6 Å². The second-order valence-electron chi connectivity index (χ2n) is 7.70. The molecule has 0 bridgehead atoms. The predicted octanol–water partition coefficient (Wildman–Crippen LogP) is 0.506. The number of alkyl carbamates (subject to hydrolysis) is 1. The number of hydrogen-bond donors (Lipinski definition) is 3. The molecule has 0 spiro atoms. The number of primary amides is 1. The van der Waals surface area contributed by atoms with E-state index in [0.29, 0.717) is 0 Å². The minimum Gasteiger partial charge on any atom is -0.468 e. The Bertz CT molecular complexity index is 827. The monoisotopic (exact) mass is 465 g/mol. The number of nitrogens with one attached hydrogen (secondary N) is 2. The van der Waals surface area contributed by atoms with Crippen LogP contribution < -0.4 is 16.4 Å². The lowest BCUT2D eigenvalue weighted by Crippen LogP contribution is -2.58. The number of ether oxygens (including phenoxy) is 3. The second kappa shape index (κ2) is 13.0. The molecule has 11 heteroatoms. The lowest BCUT2D eigenvalue weighted by atomic mass is 9.86. The van der Waals surface area contributed by atoms with Crippen LogP contribution in [0.15, 0.2) is 30.3 Å². The van der Waals surface area contributed by atoms with Crippen LogP contribution in [0.5, 0.6) is 0 Å². The first-order valence-electron chi connectivity index (χ1n) is 10.3. The second-order valence-corrected chi connectivity index (χ2v) is 7.70. The van der Waals surface area contributed by atoms with Crippen molar-refractivity contribution in [2.45, 2.75) is 39.5 Å². The van der Waals surface area contributed by atoms with Crippen LogP contribution in [-0.4, -0.2) is 56.1 Å². The van der Waals surface area contributed by atoms with E-state index >= 15 is 0 Å². The fourth-order valence-corrected chi connectivity index (χ4v) is 3.10. The summed E-state index contributed by atoms with van der Waals surface area (Å²) < 4.78 is 14.4. The topological polar surface area (TPSA) is 163 Å². The zero-order valence-corrected chi connectivity index (χ0v) is 19.3. The van der Waals surface area contributed by atoms with E-state index in [1.54, 1.807) is 38.1 Å². The van der Waals surface area contributed by atoms with Crippen molar-refractivity contribution in [3.05, 3.63) is 35.9 Å². The molecule has 0 aliphatic heterocycles. The SMILES string of the molecule is COC(=O)C(C(=O)OC)[C@H](C)[C@H](NC(=O)[C@@H](NC(=O)OCc1ccccc1)C(C)C)C(N)=O. The Hall–Kier alpha value is -3.63. The molecule has 0 aliphatic rings. The van der Waals surface area contributed by atoms with E-state index in [2.05, 4.69) is 20.1 Å². The van der Waals surface area contributed by atoms with Crippen LogP contribution in [0.3, 0.4) is 0 Å². The zero-order chi connectivity index (χ0) is 25.1. The van der Waals surface area contributed by atoms with Gasteiger partial charge in [0.15, 0.2) is 5.92 Å². The molecule has 1 aromatic rings. The molecule has 33 heavy (non-hydrogen) atoms. The Balaban J connectivity index is 2.93. The Morgan fingerprint density at radius 3 is 1.88 bits per heavy atom. The number of carbonyl (C=O) groups excluding carboxylic acids is 5. The van der Waals surface area contributed by atoms with Crippen molar-refractivity contribution < 1.29 is 38.2 Å². The number of rotatable bonds is 11. The molecule has 4 N–H and O–H groups in total. The van der Waals surface area contributed by atoms with E-state index in [9.17, 15) is 24.0 Å². The first-order valence-corrected chi connectivity index (χ1v) is 10.3. The van der Waals surface area contributed by atoms with Crippen molar-refractivity contribution in [3.8, 4) is 0 Å². The summed E-state index contributed by atoms with van der Waals surface area (Å²) in [4.78, 5) is 61.4. The predicted molar refractivity (Wildman–Crippen MR) is 116 cm³/mol. The van der Waals surface area contributed by atoms with Crippen LogP contribution in [-0.2, 0) is 40.0 Å². The van der Waals surface area contributed by atoms with E-state index in [0.717, 1.165) is 19.8 Å². The minimum atomic E-state index is -1.50. The molecule has 0 aromatic heterocycles. The van der Waals surface area contributed by atoms with Gasteiger partial charge in [-0.25, -0.2) is 4.79 Å². The van der Waals surface area contributed by atoms with E-state index in [1.807, 2.05) is 6.07 Å². The summed E-state index contributed by atoms with van der Waals surface area (Å²) >= 11 is 0. The van der Waals surface area contributed by atoms with Gasteiger partial charge in [0.25, 0.3) is 0 Å². The van der Waals surface area contributed by atoms with Crippen LogP contribution in [0.2, 0.25) is 0 Å². The third-order valence-electron chi connectivity index (χ3n) is 5.00. The van der Waals surface area contributed by atoms with Gasteiger partial charge in [-0.2, -0.15) is 0 Å². The quantitative estimate of drug-likeness (QED) is 0.242. The summed E-state index contributed by atoms with van der Waals surface area (Å²) in [6.45, 7) is 4.73. The molecule has 3 atom stereocenters. The summed E-state index contributed by atoms with van der Waals surface area (Å²) in [5.41, 5.74) is 6.19. The Morgan fingerprint density at radius 2 is 1.42 bits per heavy atom. The lowest BCUT2D eigenvalue weighted by molar-refractivity contribution is -0.162. The van der Waals surface area contributed by atoms with Gasteiger partial charge in [0.1, 0.15) is 18.7 Å². The van der Waals surface area contributed by atoms with Gasteiger partial charge in [-0.05, 0) is 11.5 Å². The van der Waals surface area contributed by atoms with E-state index in [-0.39, 0.29) is 6.61 Å². The molecule has 0 saturated heterocycles. The molecule has 0 radical (unpaired) electrons. The fraction of sp³-hybridized carbons (Fsp3) is 0.500. The maximum Gasteiger partial charge on any atom is 0.408 e. The highest BCUT2D eigenvalue weighted by molar-refractivity contribution is 5.97. The van der Waals surface area contributed by atoms with Crippen LogP contribution in [0.25, 0.3) is 0 Å². The van der Waals surface area contributed by atoms with Gasteiger partial charge in [0.05, 0.1) is 14.2 Å². The standard InChI is InChI=1S/C22H31N3O8/c1-12(2)16(25-22(30)33-11-14-9-7-6-8-10-14)19(27)24-17(18(23)26)13(3)15(20(28)31-4)21(29)32-5/h6-10,12-13,15-17H,11H2,1-5H3,(H2,23,26)(H,24,27)(H,25,30)/t13-,16-,17-/m0/s1. The van der Waals surface area contributed by atoms with Crippen LogP contribution >= 0.6 is 0 Å². The van der Waals surface area contributed by atoms with Crippen molar-refractivity contribution in [2.24, 2.45) is 23.5 Å². The summed E-state index contributed by atoms with van der Waals surface area (Å²) in [6, 6.07) is 6.45. The third-order valence-corrected chi connectivity index (χ3v) is 5.00. The summed E-state index contributed by atoms with van der Waals surface area (Å²) in [5, 5.41) is 4.87. The zero-order valence-electron chi connectivity index (χ0n) is 19.3. The van der Waals surface area contributed by atoms with Crippen molar-refractivity contribution >= 4 is 29.8 Å². The molecule has 3 amide bonds. The van der Waals surface area contributed by atoms with Gasteiger partial charge < -0.3 is 30.6 Å². The summed E-state index contributed by atoms with van der Waals surface area (Å²) in [6.07, 6.45) is -0.835. The Kier molecular flexibility index (Phi) is 10.8. The molecule has 11 nitrogen and oxygen atoms in total. The van der Waals surface area contributed by atoms with Crippen molar-refractivity contribution in [2.75, 3.05) is 14.2 Å². The van der Waals surface area contributed by atoms with Gasteiger partial charge in [-0.3, -0.25) is 19.2 Å². The maximum atomic E-state index is 12.9. The highest BCUT2D eigenvalue weighted by Crippen LogP contribution is 2.20. The number of nitrogens with two attached hydrogens (primary N) is 1. The molecule has 1 aromatic carbocycles. The average molecular weight is 466 g/mol. The van der Waals surface area contributed by atoms with Crippen LogP contribution in [0.4, 0.5) is 4.79 Å². The highest BCUT2D eigenvalue weighted by atomic mass is 16.6. The van der Waals surface area contributed by atoms with Gasteiger partial charge >= 0.3 is 18.0 Å². The number of carbonyl (C=O) groups is 5. The highest BCUT2D eigenvalue weighted by Gasteiger charge is 2.42. The average Bonchev–Trinajstić information content (AvgIpc) is 2.79. The molecular weight excluding hydrogens is 434 g/mol. The maximum absolute atomic E-state index is 12.9. The molecule has 182 valence electrons. The summed E-state index contributed by atoms with van der Waals surface area (Å²) in [7, 11) is 2.14. The van der Waals surface area contributed by atoms with Crippen LogP contribution in [0.1, 0.15) is 26.3 Å². The first-order chi connectivity index (χ1) is 15.5. The lowest BCUT2D eigenvalue weighted by Gasteiger charge is -2.29. The van der Waals surface area contributed by atoms with Gasteiger partial charge in [0, 0.05) is 5.92 Å². The Labute approximate surface area is 192 Å². The molecule has 0 saturated carbocycles. The third kappa shape index (κ3) is 8.09. The van der Waals surface area contributed by atoms with Gasteiger partial charge in [-0.15, -0.1) is 0 Å². The van der Waals surface area contributed by atoms with Gasteiger partial charge in [-0.1, -0.05) is 51.1 Å². The van der Waals surface area contributed by atoms with Gasteiger partial charge in [0.2, 0.25) is 11.8 Å². The minimum absolute atomic E-state index is 0.00000867. The number of methoxy groups -OCH3 is 2. The molecule has 0 heterocycles. The summed E-state index contributed by atoms with van der Waals surface area (Å²) in [5.74, 6) is -6.61. The number of esters is 2. The number of benzene rings is 1. The first kappa shape index (κ1) is 27.4. The molecular formula is C22H31N3O8. The van der Waals surface area contributed by atoms with E-state index < -0.39 is 59.7 Å². The molecule has 1 rings (SSSR count). The smallest absolute Gasteiger partial charge is 0.408 e. The molecule has 0 aliphatic carbocycles. The van der Waals surface area contributed by atoms with Crippen molar-refractivity contribution in [1.29, 1.82) is 0 Å². The van der Waals surface area contributed by atoms with Crippen molar-refractivity contribution in [3.63, 3.8) is 0 Å². The fourth-order valence-electron chi connectivity index (χ4n) is 3.10. The van der Waals surface area contributed by atoms with E-state index in [1.165, 1.54) is 6.92 Å². The van der Waals surface area contributed by atoms with E-state index in [4.69, 9.17) is 10.5 Å². The number of hydrogen-bond acceptors (Lipinski definition) is 8. The number of amides is 3. The normalized spacial score (nSPS) is 13.4. The molecule has 0 fully saturated rings. The Morgan fingerprint density at radius 1 is 0.879 bits per heavy atom. The molecule has 0 unspecified atom stereocenters. The van der Waals surface area contributed by atoms with Crippen LogP contribution in [0, 0.1) is 17.8 Å².